The first-order valence-corrected chi connectivity index (χ1v) is 7.78. The summed E-state index contributed by atoms with van der Waals surface area (Å²) in [4.78, 5) is 0. The standard InChI is InChI=1S/C13H9NO4S2/c14-5-9-11(17-8-2-4-20-13(8)18-9)10-6-15-12-7(16-10)1-3-19-12/h1-4,9-11H,6H2. The van der Waals surface area contributed by atoms with Crippen molar-refractivity contribution < 1.29 is 18.9 Å². The van der Waals surface area contributed by atoms with E-state index in [9.17, 15) is 5.26 Å². The van der Waals surface area contributed by atoms with Gasteiger partial charge in [-0.2, -0.15) is 5.26 Å². The Balaban J connectivity index is 1.61. The molecule has 0 fully saturated rings. The van der Waals surface area contributed by atoms with Gasteiger partial charge in [0.2, 0.25) is 16.2 Å². The highest BCUT2D eigenvalue weighted by molar-refractivity contribution is 7.12. The molecule has 3 unspecified atom stereocenters. The van der Waals surface area contributed by atoms with Gasteiger partial charge in [-0.3, -0.25) is 0 Å². The van der Waals surface area contributed by atoms with Gasteiger partial charge in [0.05, 0.1) is 0 Å². The zero-order chi connectivity index (χ0) is 13.5. The predicted octanol–water partition coefficient (Wildman–Crippen LogP) is 2.68. The van der Waals surface area contributed by atoms with E-state index in [2.05, 4.69) is 6.07 Å². The molecule has 3 atom stereocenters. The summed E-state index contributed by atoms with van der Waals surface area (Å²) in [5.41, 5.74) is 0. The first-order valence-electron chi connectivity index (χ1n) is 6.02. The van der Waals surface area contributed by atoms with Crippen LogP contribution in [0.25, 0.3) is 0 Å². The summed E-state index contributed by atoms with van der Waals surface area (Å²) in [6.45, 7) is 0.346. The molecule has 102 valence electrons. The Kier molecular flexibility index (Phi) is 2.72. The monoisotopic (exact) mass is 307 g/mol. The normalized spacial score (nSPS) is 26.9. The number of rotatable bonds is 1. The third-order valence-corrected chi connectivity index (χ3v) is 4.73. The Bertz CT molecular complexity index is 674. The second-order valence-electron chi connectivity index (χ2n) is 4.36. The van der Waals surface area contributed by atoms with E-state index in [1.807, 2.05) is 22.9 Å². The predicted molar refractivity (Wildman–Crippen MR) is 73.0 cm³/mol. The molecular formula is C13H9NO4S2. The van der Waals surface area contributed by atoms with Crippen molar-refractivity contribution in [2.24, 2.45) is 0 Å². The fourth-order valence-corrected chi connectivity index (χ4v) is 3.60. The Hall–Kier alpha value is -1.91. The van der Waals surface area contributed by atoms with E-state index in [0.29, 0.717) is 23.2 Å². The number of thiophene rings is 2. The number of hydrogen-bond donors (Lipinski definition) is 0. The van der Waals surface area contributed by atoms with E-state index in [-0.39, 0.29) is 6.10 Å². The molecule has 20 heavy (non-hydrogen) atoms. The Morgan fingerprint density at radius 1 is 1.05 bits per heavy atom. The lowest BCUT2D eigenvalue weighted by Crippen LogP contribution is -2.52. The van der Waals surface area contributed by atoms with Crippen LogP contribution in [0.4, 0.5) is 0 Å². The average molecular weight is 307 g/mol. The molecule has 0 aliphatic carbocycles. The second kappa shape index (κ2) is 4.58. The Morgan fingerprint density at radius 2 is 1.80 bits per heavy atom. The van der Waals surface area contributed by atoms with Gasteiger partial charge < -0.3 is 18.9 Å². The van der Waals surface area contributed by atoms with Gasteiger partial charge in [0.25, 0.3) is 0 Å². The fraction of sp³-hybridized carbons (Fsp3) is 0.308. The molecular weight excluding hydrogens is 298 g/mol. The summed E-state index contributed by atoms with van der Waals surface area (Å²) in [6, 6.07) is 5.81. The average Bonchev–Trinajstić information content (AvgIpc) is 3.13. The fourth-order valence-electron chi connectivity index (χ4n) is 2.21. The number of nitrogens with zero attached hydrogens (tertiary/aromatic N) is 1. The second-order valence-corrected chi connectivity index (χ2v) is 6.12. The van der Waals surface area contributed by atoms with Gasteiger partial charge in [0.15, 0.2) is 23.7 Å². The van der Waals surface area contributed by atoms with Gasteiger partial charge in [-0.25, -0.2) is 0 Å². The van der Waals surface area contributed by atoms with Gasteiger partial charge in [-0.1, -0.05) is 0 Å². The van der Waals surface area contributed by atoms with Gasteiger partial charge in [0, 0.05) is 0 Å². The van der Waals surface area contributed by atoms with Crippen molar-refractivity contribution in [2.75, 3.05) is 6.61 Å². The summed E-state index contributed by atoms with van der Waals surface area (Å²) < 4.78 is 23.0. The third-order valence-electron chi connectivity index (χ3n) is 3.14. The van der Waals surface area contributed by atoms with Gasteiger partial charge in [0.1, 0.15) is 12.7 Å². The molecule has 7 heteroatoms. The summed E-state index contributed by atoms with van der Waals surface area (Å²) in [6.07, 6.45) is -1.57. The first kappa shape index (κ1) is 11.9. The topological polar surface area (TPSA) is 60.7 Å². The molecule has 2 aromatic heterocycles. The molecule has 0 N–H and O–H groups in total. The molecule has 2 aromatic rings. The molecule has 2 aliphatic rings. The summed E-state index contributed by atoms with van der Waals surface area (Å²) >= 11 is 2.90. The third kappa shape index (κ3) is 1.80. The van der Waals surface area contributed by atoms with Crippen molar-refractivity contribution in [3.63, 3.8) is 0 Å². The quantitative estimate of drug-likeness (QED) is 0.810. The number of hydrogen-bond acceptors (Lipinski definition) is 7. The largest absolute Gasteiger partial charge is 0.478 e. The van der Waals surface area contributed by atoms with Crippen LogP contribution in [0, 0.1) is 11.3 Å². The van der Waals surface area contributed by atoms with Gasteiger partial charge >= 0.3 is 0 Å². The SMILES string of the molecule is N#CC1Oc2sccc2OC1C1COc2sccc2O1. The van der Waals surface area contributed by atoms with Crippen LogP contribution >= 0.6 is 22.7 Å². The molecule has 0 saturated carbocycles. The lowest BCUT2D eigenvalue weighted by molar-refractivity contribution is -0.0472. The van der Waals surface area contributed by atoms with Crippen molar-refractivity contribution in [1.82, 2.24) is 0 Å². The molecule has 4 rings (SSSR count). The van der Waals surface area contributed by atoms with Crippen molar-refractivity contribution in [2.45, 2.75) is 18.3 Å². The molecule has 0 spiro atoms. The number of nitriles is 1. The molecule has 0 radical (unpaired) electrons. The van der Waals surface area contributed by atoms with Crippen molar-refractivity contribution in [3.05, 3.63) is 22.9 Å². The summed E-state index contributed by atoms with van der Waals surface area (Å²) in [7, 11) is 0. The van der Waals surface area contributed by atoms with E-state index in [0.717, 1.165) is 5.06 Å². The van der Waals surface area contributed by atoms with Crippen LogP contribution in [0.15, 0.2) is 22.9 Å². The molecule has 5 nitrogen and oxygen atoms in total. The molecule has 0 saturated heterocycles. The molecule has 4 heterocycles. The van der Waals surface area contributed by atoms with Gasteiger partial charge in [-0.15, -0.1) is 22.7 Å². The summed E-state index contributed by atoms with van der Waals surface area (Å²) in [5, 5.41) is 14.5. The Labute approximate surface area is 122 Å². The smallest absolute Gasteiger partial charge is 0.225 e. The highest BCUT2D eigenvalue weighted by atomic mass is 32.1. The highest BCUT2D eigenvalue weighted by Crippen LogP contribution is 2.42. The minimum absolute atomic E-state index is 0.346. The number of ether oxygens (including phenoxy) is 4. The van der Waals surface area contributed by atoms with Crippen LogP contribution in [0.2, 0.25) is 0 Å². The zero-order valence-corrected chi connectivity index (χ0v) is 11.8. The van der Waals surface area contributed by atoms with Gasteiger partial charge in [-0.05, 0) is 22.9 Å². The van der Waals surface area contributed by atoms with Crippen molar-refractivity contribution in [1.29, 1.82) is 5.26 Å². The van der Waals surface area contributed by atoms with E-state index < -0.39 is 12.2 Å². The maximum Gasteiger partial charge on any atom is 0.225 e. The maximum absolute atomic E-state index is 9.27. The molecule has 0 amide bonds. The van der Waals surface area contributed by atoms with Crippen LogP contribution in [0.5, 0.6) is 21.6 Å². The lowest BCUT2D eigenvalue weighted by Gasteiger charge is -2.35. The van der Waals surface area contributed by atoms with E-state index >= 15 is 0 Å². The van der Waals surface area contributed by atoms with Crippen molar-refractivity contribution in [3.8, 4) is 27.7 Å². The maximum atomic E-state index is 9.27. The zero-order valence-electron chi connectivity index (χ0n) is 10.1. The van der Waals surface area contributed by atoms with Crippen LogP contribution in [-0.4, -0.2) is 24.9 Å². The van der Waals surface area contributed by atoms with E-state index in [4.69, 9.17) is 18.9 Å². The van der Waals surface area contributed by atoms with Crippen LogP contribution in [-0.2, 0) is 0 Å². The van der Waals surface area contributed by atoms with Crippen molar-refractivity contribution >= 4 is 22.7 Å². The van der Waals surface area contributed by atoms with Crippen LogP contribution in [0.3, 0.4) is 0 Å². The lowest BCUT2D eigenvalue weighted by atomic mass is 10.1. The number of fused-ring (bicyclic) bond motifs is 2. The minimum Gasteiger partial charge on any atom is -0.478 e. The molecule has 0 bridgehead atoms. The van der Waals surface area contributed by atoms with Crippen LogP contribution in [0.1, 0.15) is 0 Å². The Morgan fingerprint density at radius 3 is 2.60 bits per heavy atom. The van der Waals surface area contributed by atoms with E-state index in [1.165, 1.54) is 22.7 Å². The molecule has 0 aromatic carbocycles. The van der Waals surface area contributed by atoms with Crippen LogP contribution < -0.4 is 18.9 Å². The minimum atomic E-state index is -0.699. The summed E-state index contributed by atoms with van der Waals surface area (Å²) in [5.74, 6) is 1.36. The van der Waals surface area contributed by atoms with E-state index in [1.54, 1.807) is 0 Å². The molecule has 2 aliphatic heterocycles. The first-order chi connectivity index (χ1) is 9.85. The highest BCUT2D eigenvalue weighted by Gasteiger charge is 2.42.